The third-order valence-corrected chi connectivity index (χ3v) is 3.01. The molecule has 0 N–H and O–H groups in total. The number of aromatic nitrogens is 2. The van der Waals surface area contributed by atoms with Crippen molar-refractivity contribution in [3.8, 4) is 0 Å². The molecule has 0 bridgehead atoms. The molecule has 2 aromatic rings. The molecule has 0 amide bonds. The van der Waals surface area contributed by atoms with E-state index < -0.39 is 17.4 Å². The van der Waals surface area contributed by atoms with Gasteiger partial charge >= 0.3 is 11.9 Å². The van der Waals surface area contributed by atoms with Gasteiger partial charge in [0.2, 0.25) is 0 Å². The quantitative estimate of drug-likeness (QED) is 0.821. The Hall–Kier alpha value is -1.98. The second kappa shape index (κ2) is 4.60. The molecule has 2 heterocycles. The van der Waals surface area contributed by atoms with Crippen LogP contribution in [0.4, 0.5) is 13.2 Å². The second-order valence-corrected chi connectivity index (χ2v) is 4.09. The first-order valence-corrected chi connectivity index (χ1v) is 5.85. The summed E-state index contributed by atoms with van der Waals surface area (Å²) in [6, 6.07) is 2.20. The summed E-state index contributed by atoms with van der Waals surface area (Å²) in [4.78, 5) is 12.1. The maximum absolute atomic E-state index is 12.9. The first-order chi connectivity index (χ1) is 8.90. The number of halogens is 3. The Labute approximate surface area is 107 Å². The number of alkyl halides is 3. The molecular formula is C13H13F3N2O. The Kier molecular flexibility index (Phi) is 3.26. The monoisotopic (exact) mass is 270 g/mol. The molecule has 0 saturated carbocycles. The molecular weight excluding hydrogens is 257 g/mol. The lowest BCUT2D eigenvalue weighted by atomic mass is 10.2. The maximum Gasteiger partial charge on any atom is 0.418 e. The van der Waals surface area contributed by atoms with Gasteiger partial charge < -0.3 is 0 Å². The van der Waals surface area contributed by atoms with Gasteiger partial charge in [-0.2, -0.15) is 13.2 Å². The van der Waals surface area contributed by atoms with Crippen LogP contribution in [0.2, 0.25) is 0 Å². The van der Waals surface area contributed by atoms with Crippen LogP contribution in [-0.2, 0) is 6.18 Å². The highest BCUT2D eigenvalue weighted by molar-refractivity contribution is 5.58. The molecule has 2 rings (SSSR count). The molecule has 19 heavy (non-hydrogen) atoms. The van der Waals surface area contributed by atoms with Crippen molar-refractivity contribution < 1.29 is 13.2 Å². The van der Waals surface area contributed by atoms with Crippen molar-refractivity contribution >= 4 is 11.2 Å². The summed E-state index contributed by atoms with van der Waals surface area (Å²) in [6.07, 6.45) is 0.381. The lowest BCUT2D eigenvalue weighted by Gasteiger charge is -2.07. The fraction of sp³-hybridized carbons (Fsp3) is 0.308. The molecule has 6 heteroatoms. The SMILES string of the molecule is C/C=C(\CC)n1cc2c(C(F)(F)F)cccn2c1=O. The van der Waals surface area contributed by atoms with Gasteiger partial charge in [0, 0.05) is 18.1 Å². The van der Waals surface area contributed by atoms with E-state index in [-0.39, 0.29) is 5.52 Å². The molecule has 0 atom stereocenters. The average molecular weight is 270 g/mol. The molecule has 0 aromatic carbocycles. The standard InChI is InChI=1S/C13H13F3N2O/c1-3-9(4-2)18-8-11-10(13(14,15)16)6-5-7-17(11)12(18)19/h3,5-8H,4H2,1-2H3/b9-3+. The van der Waals surface area contributed by atoms with Crippen LogP contribution in [0.25, 0.3) is 11.2 Å². The number of allylic oxidation sites excluding steroid dienone is 2. The van der Waals surface area contributed by atoms with Gasteiger partial charge in [0.15, 0.2) is 0 Å². The van der Waals surface area contributed by atoms with Gasteiger partial charge in [-0.15, -0.1) is 0 Å². The number of rotatable bonds is 2. The molecule has 102 valence electrons. The lowest BCUT2D eigenvalue weighted by Crippen LogP contribution is -2.19. The molecule has 0 saturated heterocycles. The fourth-order valence-electron chi connectivity index (χ4n) is 2.07. The molecule has 0 radical (unpaired) electrons. The Morgan fingerprint density at radius 1 is 1.42 bits per heavy atom. The van der Waals surface area contributed by atoms with Crippen LogP contribution in [0.3, 0.4) is 0 Å². The molecule has 0 fully saturated rings. The van der Waals surface area contributed by atoms with E-state index >= 15 is 0 Å². The zero-order chi connectivity index (χ0) is 14.2. The van der Waals surface area contributed by atoms with E-state index in [0.29, 0.717) is 12.1 Å². The highest BCUT2D eigenvalue weighted by Crippen LogP contribution is 2.32. The van der Waals surface area contributed by atoms with E-state index in [9.17, 15) is 18.0 Å². The third-order valence-electron chi connectivity index (χ3n) is 3.01. The van der Waals surface area contributed by atoms with Crippen LogP contribution < -0.4 is 5.69 Å². The van der Waals surface area contributed by atoms with Gasteiger partial charge in [0.05, 0.1) is 11.1 Å². The van der Waals surface area contributed by atoms with Crippen molar-refractivity contribution in [3.63, 3.8) is 0 Å². The summed E-state index contributed by atoms with van der Waals surface area (Å²) in [6.45, 7) is 3.59. The van der Waals surface area contributed by atoms with Crippen LogP contribution in [0, 0.1) is 0 Å². The van der Waals surface area contributed by atoms with Crippen molar-refractivity contribution in [2.24, 2.45) is 0 Å². The second-order valence-electron chi connectivity index (χ2n) is 4.09. The summed E-state index contributed by atoms with van der Waals surface area (Å²) >= 11 is 0. The van der Waals surface area contributed by atoms with Crippen LogP contribution in [0.15, 0.2) is 35.4 Å². The average Bonchev–Trinajstić information content (AvgIpc) is 2.68. The number of hydrogen-bond donors (Lipinski definition) is 0. The van der Waals surface area contributed by atoms with Gasteiger partial charge in [-0.05, 0) is 25.5 Å². The van der Waals surface area contributed by atoms with Crippen LogP contribution in [-0.4, -0.2) is 8.97 Å². The van der Waals surface area contributed by atoms with E-state index in [1.807, 2.05) is 6.92 Å². The third kappa shape index (κ3) is 2.18. The molecule has 0 unspecified atom stereocenters. The van der Waals surface area contributed by atoms with Crippen molar-refractivity contribution in [2.75, 3.05) is 0 Å². The molecule has 3 nitrogen and oxygen atoms in total. The Morgan fingerprint density at radius 2 is 2.11 bits per heavy atom. The summed E-state index contributed by atoms with van der Waals surface area (Å²) in [5.41, 5.74) is -0.761. The van der Waals surface area contributed by atoms with E-state index in [2.05, 4.69) is 0 Å². The van der Waals surface area contributed by atoms with E-state index in [1.54, 1.807) is 13.0 Å². The zero-order valence-corrected chi connectivity index (χ0v) is 10.5. The van der Waals surface area contributed by atoms with Crippen molar-refractivity contribution in [1.82, 2.24) is 8.97 Å². The highest BCUT2D eigenvalue weighted by Gasteiger charge is 2.33. The van der Waals surface area contributed by atoms with Gasteiger partial charge in [-0.3, -0.25) is 8.97 Å². The highest BCUT2D eigenvalue weighted by atomic mass is 19.4. The summed E-state index contributed by atoms with van der Waals surface area (Å²) < 4.78 is 40.9. The predicted molar refractivity (Wildman–Crippen MR) is 66.9 cm³/mol. The normalized spacial score (nSPS) is 13.2. The van der Waals surface area contributed by atoms with Crippen LogP contribution in [0.1, 0.15) is 25.8 Å². The number of hydrogen-bond acceptors (Lipinski definition) is 1. The van der Waals surface area contributed by atoms with E-state index in [0.717, 1.165) is 10.5 Å². The molecule has 0 aliphatic rings. The molecule has 2 aromatic heterocycles. The Balaban J connectivity index is 2.81. The minimum atomic E-state index is -4.48. The summed E-state index contributed by atoms with van der Waals surface area (Å²) in [5, 5.41) is 0. The van der Waals surface area contributed by atoms with Crippen LogP contribution >= 0.6 is 0 Å². The first-order valence-electron chi connectivity index (χ1n) is 5.85. The number of imidazole rings is 1. The number of pyridine rings is 1. The Bertz CT molecular complexity index is 692. The number of fused-ring (bicyclic) bond motifs is 1. The zero-order valence-electron chi connectivity index (χ0n) is 10.5. The number of nitrogens with zero attached hydrogens (tertiary/aromatic N) is 2. The Morgan fingerprint density at radius 3 is 2.63 bits per heavy atom. The van der Waals surface area contributed by atoms with Gasteiger partial charge in [0.1, 0.15) is 0 Å². The minimum absolute atomic E-state index is 0.132. The lowest BCUT2D eigenvalue weighted by molar-refractivity contribution is -0.136. The van der Waals surface area contributed by atoms with Crippen LogP contribution in [0.5, 0.6) is 0 Å². The summed E-state index contributed by atoms with van der Waals surface area (Å²) in [5.74, 6) is 0. The smallest absolute Gasteiger partial charge is 0.271 e. The molecule has 0 aliphatic carbocycles. The van der Waals surface area contributed by atoms with E-state index in [1.165, 1.54) is 23.0 Å². The van der Waals surface area contributed by atoms with Gasteiger partial charge in [-0.1, -0.05) is 13.0 Å². The molecule has 0 aliphatic heterocycles. The van der Waals surface area contributed by atoms with E-state index in [4.69, 9.17) is 0 Å². The summed E-state index contributed by atoms with van der Waals surface area (Å²) in [7, 11) is 0. The van der Waals surface area contributed by atoms with Crippen molar-refractivity contribution in [2.45, 2.75) is 26.4 Å². The van der Waals surface area contributed by atoms with Crippen molar-refractivity contribution in [1.29, 1.82) is 0 Å². The fourth-order valence-corrected chi connectivity index (χ4v) is 2.07. The topological polar surface area (TPSA) is 26.4 Å². The van der Waals surface area contributed by atoms with Gasteiger partial charge in [0.25, 0.3) is 0 Å². The predicted octanol–water partition coefficient (Wildman–Crippen LogP) is 3.39. The first kappa shape index (κ1) is 13.5. The molecule has 0 spiro atoms. The van der Waals surface area contributed by atoms with Gasteiger partial charge in [-0.25, -0.2) is 4.79 Å². The minimum Gasteiger partial charge on any atom is -0.271 e. The maximum atomic E-state index is 12.9. The largest absolute Gasteiger partial charge is 0.418 e. The van der Waals surface area contributed by atoms with Crippen molar-refractivity contribution in [3.05, 3.63) is 46.7 Å².